The van der Waals surface area contributed by atoms with Gasteiger partial charge in [-0.2, -0.15) is 0 Å². The first-order valence-corrected chi connectivity index (χ1v) is 10.8. The van der Waals surface area contributed by atoms with E-state index in [1.807, 2.05) is 38.3 Å². The van der Waals surface area contributed by atoms with Crippen molar-refractivity contribution in [1.82, 2.24) is 15.1 Å². The summed E-state index contributed by atoms with van der Waals surface area (Å²) in [6.45, 7) is 11.3. The fourth-order valence-electron chi connectivity index (χ4n) is 3.46. The number of rotatable bonds is 8. The Bertz CT molecular complexity index is 942. The highest BCUT2D eigenvalue weighted by Crippen LogP contribution is 2.25. The van der Waals surface area contributed by atoms with E-state index in [1.165, 1.54) is 5.56 Å². The second kappa shape index (κ2) is 9.33. The number of thiophene rings is 1. The van der Waals surface area contributed by atoms with Crippen LogP contribution in [0.5, 0.6) is 0 Å². The summed E-state index contributed by atoms with van der Waals surface area (Å²) in [5.74, 6) is 1.00. The van der Waals surface area contributed by atoms with Gasteiger partial charge in [0, 0.05) is 5.69 Å². The molecule has 2 heterocycles. The lowest BCUT2D eigenvalue weighted by molar-refractivity contribution is -0.121. The SMILES string of the molecule is CCCN(Cc1nnc(-c2cccs2)o1)[C@H](C)C(=O)Nc1c(C)cc(C)cc1C. The predicted molar refractivity (Wildman–Crippen MR) is 117 cm³/mol. The Labute approximate surface area is 176 Å². The Balaban J connectivity index is 1.72. The van der Waals surface area contributed by atoms with E-state index in [-0.39, 0.29) is 11.9 Å². The lowest BCUT2D eigenvalue weighted by atomic mass is 10.0. The van der Waals surface area contributed by atoms with Crippen molar-refractivity contribution < 1.29 is 9.21 Å². The minimum Gasteiger partial charge on any atom is -0.419 e. The summed E-state index contributed by atoms with van der Waals surface area (Å²) in [7, 11) is 0. The lowest BCUT2D eigenvalue weighted by Crippen LogP contribution is -2.42. The molecule has 0 aliphatic rings. The summed E-state index contributed by atoms with van der Waals surface area (Å²) in [6, 6.07) is 7.75. The van der Waals surface area contributed by atoms with Crippen LogP contribution in [0.3, 0.4) is 0 Å². The maximum Gasteiger partial charge on any atom is 0.257 e. The normalized spacial score (nSPS) is 12.3. The van der Waals surface area contributed by atoms with Gasteiger partial charge in [-0.3, -0.25) is 9.69 Å². The summed E-state index contributed by atoms with van der Waals surface area (Å²) in [6.07, 6.45) is 0.923. The molecule has 7 heteroatoms. The number of amides is 1. The van der Waals surface area contributed by atoms with Crippen molar-refractivity contribution in [3.8, 4) is 10.8 Å². The first-order chi connectivity index (χ1) is 13.9. The van der Waals surface area contributed by atoms with Gasteiger partial charge in [0.1, 0.15) is 0 Å². The van der Waals surface area contributed by atoms with Gasteiger partial charge >= 0.3 is 0 Å². The summed E-state index contributed by atoms with van der Waals surface area (Å²) in [5.41, 5.74) is 4.23. The number of nitrogens with zero attached hydrogens (tertiary/aromatic N) is 3. The van der Waals surface area contributed by atoms with Gasteiger partial charge < -0.3 is 9.73 Å². The van der Waals surface area contributed by atoms with Crippen LogP contribution in [0.4, 0.5) is 5.69 Å². The molecule has 2 aromatic heterocycles. The molecular weight excluding hydrogens is 384 g/mol. The maximum absolute atomic E-state index is 13.0. The van der Waals surface area contributed by atoms with Gasteiger partial charge in [0.15, 0.2) is 0 Å². The van der Waals surface area contributed by atoms with Crippen molar-refractivity contribution in [3.05, 3.63) is 52.2 Å². The number of benzene rings is 1. The predicted octanol–water partition coefficient (Wildman–Crippen LogP) is 4.96. The van der Waals surface area contributed by atoms with Gasteiger partial charge in [-0.1, -0.05) is 30.7 Å². The van der Waals surface area contributed by atoms with E-state index >= 15 is 0 Å². The third kappa shape index (κ3) is 5.10. The van der Waals surface area contributed by atoms with Gasteiger partial charge in [-0.25, -0.2) is 0 Å². The zero-order chi connectivity index (χ0) is 21.0. The van der Waals surface area contributed by atoms with Crippen LogP contribution in [0.25, 0.3) is 10.8 Å². The average Bonchev–Trinajstić information content (AvgIpc) is 3.35. The third-order valence-electron chi connectivity index (χ3n) is 4.90. The molecule has 3 rings (SSSR count). The van der Waals surface area contributed by atoms with Crippen LogP contribution in [-0.4, -0.2) is 33.6 Å². The Kier molecular flexibility index (Phi) is 6.82. The van der Waals surface area contributed by atoms with Gasteiger partial charge in [0.25, 0.3) is 5.89 Å². The zero-order valence-corrected chi connectivity index (χ0v) is 18.5. The highest BCUT2D eigenvalue weighted by atomic mass is 32.1. The Morgan fingerprint density at radius 2 is 1.97 bits per heavy atom. The molecule has 1 aromatic carbocycles. The number of aromatic nitrogens is 2. The fraction of sp³-hybridized carbons (Fsp3) is 0.409. The topological polar surface area (TPSA) is 71.3 Å². The average molecular weight is 413 g/mol. The summed E-state index contributed by atoms with van der Waals surface area (Å²) in [5, 5.41) is 13.4. The molecule has 0 aliphatic heterocycles. The smallest absolute Gasteiger partial charge is 0.257 e. The summed E-state index contributed by atoms with van der Waals surface area (Å²) in [4.78, 5) is 16.0. The van der Waals surface area contributed by atoms with Gasteiger partial charge in [-0.15, -0.1) is 21.5 Å². The van der Waals surface area contributed by atoms with Crippen molar-refractivity contribution in [3.63, 3.8) is 0 Å². The molecule has 0 unspecified atom stereocenters. The number of carbonyl (C=O) groups is 1. The molecule has 1 amide bonds. The molecule has 0 saturated heterocycles. The van der Waals surface area contributed by atoms with Crippen LogP contribution in [0, 0.1) is 20.8 Å². The van der Waals surface area contributed by atoms with E-state index in [0.717, 1.165) is 34.7 Å². The van der Waals surface area contributed by atoms with Crippen LogP contribution >= 0.6 is 11.3 Å². The van der Waals surface area contributed by atoms with Crippen LogP contribution in [0.15, 0.2) is 34.1 Å². The molecule has 1 N–H and O–H groups in total. The van der Waals surface area contributed by atoms with Gasteiger partial charge in [-0.05, 0) is 63.2 Å². The van der Waals surface area contributed by atoms with E-state index in [1.54, 1.807) is 11.3 Å². The highest BCUT2D eigenvalue weighted by Gasteiger charge is 2.24. The molecule has 0 spiro atoms. The second-order valence-corrected chi connectivity index (χ2v) is 8.34. The van der Waals surface area contributed by atoms with E-state index in [0.29, 0.717) is 18.3 Å². The molecular formula is C22H28N4O2S. The number of aryl methyl sites for hydroxylation is 3. The molecule has 29 heavy (non-hydrogen) atoms. The lowest BCUT2D eigenvalue weighted by Gasteiger charge is -2.27. The number of hydrogen-bond donors (Lipinski definition) is 1. The molecule has 0 radical (unpaired) electrons. The maximum atomic E-state index is 13.0. The van der Waals surface area contributed by atoms with E-state index in [2.05, 4.69) is 46.4 Å². The van der Waals surface area contributed by atoms with Crippen LogP contribution in [0.2, 0.25) is 0 Å². The number of anilines is 1. The minimum atomic E-state index is -0.327. The monoisotopic (exact) mass is 412 g/mol. The molecule has 0 bridgehead atoms. The van der Waals surface area contributed by atoms with Crippen LogP contribution in [-0.2, 0) is 11.3 Å². The quantitative estimate of drug-likeness (QED) is 0.566. The zero-order valence-electron chi connectivity index (χ0n) is 17.7. The molecule has 0 aliphatic carbocycles. The van der Waals surface area contributed by atoms with E-state index in [9.17, 15) is 4.79 Å². The Morgan fingerprint density at radius 1 is 1.24 bits per heavy atom. The molecule has 1 atom stereocenters. The summed E-state index contributed by atoms with van der Waals surface area (Å²) < 4.78 is 5.82. The van der Waals surface area contributed by atoms with Crippen LogP contribution in [0.1, 0.15) is 42.8 Å². The molecule has 0 fully saturated rings. The first-order valence-electron chi connectivity index (χ1n) is 9.88. The largest absolute Gasteiger partial charge is 0.419 e. The molecule has 6 nitrogen and oxygen atoms in total. The van der Waals surface area contributed by atoms with Crippen molar-refractivity contribution in [1.29, 1.82) is 0 Å². The van der Waals surface area contributed by atoms with E-state index in [4.69, 9.17) is 4.42 Å². The van der Waals surface area contributed by atoms with Crippen LogP contribution < -0.4 is 5.32 Å². The number of carbonyl (C=O) groups excluding carboxylic acids is 1. The Morgan fingerprint density at radius 3 is 2.59 bits per heavy atom. The van der Waals surface area contributed by atoms with Crippen molar-refractivity contribution in [2.45, 2.75) is 53.6 Å². The third-order valence-corrected chi connectivity index (χ3v) is 5.76. The van der Waals surface area contributed by atoms with Crippen molar-refractivity contribution in [2.75, 3.05) is 11.9 Å². The second-order valence-electron chi connectivity index (χ2n) is 7.39. The first kappa shape index (κ1) is 21.2. The van der Waals surface area contributed by atoms with Crippen molar-refractivity contribution in [2.24, 2.45) is 0 Å². The molecule has 0 saturated carbocycles. The van der Waals surface area contributed by atoms with Gasteiger partial charge in [0.2, 0.25) is 11.8 Å². The fourth-order valence-corrected chi connectivity index (χ4v) is 4.10. The standard InChI is InChI=1S/C22H28N4O2S/c1-6-9-26(13-19-24-25-22(28-19)18-8-7-10-29-18)17(5)21(27)23-20-15(3)11-14(2)12-16(20)4/h7-8,10-12,17H,6,9,13H2,1-5H3,(H,23,27)/t17-/m1/s1. The number of hydrogen-bond acceptors (Lipinski definition) is 6. The molecule has 154 valence electrons. The summed E-state index contributed by atoms with van der Waals surface area (Å²) >= 11 is 1.56. The minimum absolute atomic E-state index is 0.0356. The Hall–Kier alpha value is -2.51. The van der Waals surface area contributed by atoms with E-state index < -0.39 is 0 Å². The van der Waals surface area contributed by atoms with Crippen molar-refractivity contribution >= 4 is 22.9 Å². The highest BCUT2D eigenvalue weighted by molar-refractivity contribution is 7.13. The van der Waals surface area contributed by atoms with Gasteiger partial charge in [0.05, 0.1) is 17.5 Å². The number of nitrogens with one attached hydrogen (secondary N) is 1. The molecule has 3 aromatic rings.